The van der Waals surface area contributed by atoms with E-state index in [2.05, 4.69) is 15.6 Å². The Labute approximate surface area is 242 Å². The van der Waals surface area contributed by atoms with E-state index < -0.39 is 59.8 Å². The molecule has 0 aliphatic heterocycles. The van der Waals surface area contributed by atoms with Crippen LogP contribution in [0.2, 0.25) is 0 Å². The van der Waals surface area contributed by atoms with Gasteiger partial charge >= 0.3 is 12.0 Å². The van der Waals surface area contributed by atoms with Gasteiger partial charge in [0.15, 0.2) is 11.9 Å². The van der Waals surface area contributed by atoms with Crippen molar-refractivity contribution in [1.29, 1.82) is 5.26 Å². The molecule has 0 saturated heterocycles. The monoisotopic (exact) mass is 583 g/mol. The van der Waals surface area contributed by atoms with Crippen LogP contribution in [0.3, 0.4) is 0 Å². The fraction of sp³-hybridized carbons (Fsp3) is 0.448. The molecule has 1 aliphatic rings. The van der Waals surface area contributed by atoms with Gasteiger partial charge < -0.3 is 25.6 Å². The molecule has 2 aromatic rings. The zero-order chi connectivity index (χ0) is 31.1. The number of hydrogen-bond donors (Lipinski definition) is 4. The van der Waals surface area contributed by atoms with E-state index in [4.69, 9.17) is 20.5 Å². The third-order valence-corrected chi connectivity index (χ3v) is 7.07. The summed E-state index contributed by atoms with van der Waals surface area (Å²) in [6.45, 7) is 6.42. The van der Waals surface area contributed by atoms with Crippen LogP contribution in [0.25, 0.3) is 0 Å². The summed E-state index contributed by atoms with van der Waals surface area (Å²) in [6.07, 6.45) is -1.45. The maximum absolute atomic E-state index is 15.2. The van der Waals surface area contributed by atoms with Crippen LogP contribution in [-0.4, -0.2) is 58.1 Å². The number of nitrogens with zero attached hydrogens (tertiary/aromatic N) is 2. The zero-order valence-corrected chi connectivity index (χ0v) is 23.7. The lowest BCUT2D eigenvalue weighted by atomic mass is 9.99. The molecule has 12 nitrogen and oxygen atoms in total. The van der Waals surface area contributed by atoms with Gasteiger partial charge in [0.25, 0.3) is 6.29 Å². The maximum Gasteiger partial charge on any atom is 0.323 e. The number of pyridine rings is 1. The van der Waals surface area contributed by atoms with Crippen molar-refractivity contribution in [1.82, 2.24) is 10.3 Å². The average molecular weight is 584 g/mol. The molecular formula is C29H34FN5O7. The summed E-state index contributed by atoms with van der Waals surface area (Å²) in [5, 5.41) is 24.7. The lowest BCUT2D eigenvalue weighted by Crippen LogP contribution is -2.43. The van der Waals surface area contributed by atoms with Crippen molar-refractivity contribution < 1.29 is 38.1 Å². The van der Waals surface area contributed by atoms with E-state index in [9.17, 15) is 24.3 Å². The maximum atomic E-state index is 15.2. The van der Waals surface area contributed by atoms with Crippen LogP contribution in [0, 0.1) is 23.1 Å². The van der Waals surface area contributed by atoms with Crippen molar-refractivity contribution in [3.8, 4) is 11.8 Å². The summed E-state index contributed by atoms with van der Waals surface area (Å²) in [7, 11) is 0. The van der Waals surface area contributed by atoms with Crippen molar-refractivity contribution in [2.45, 2.75) is 77.4 Å². The number of nitrogens with two attached hydrogens (primary N) is 1. The first kappa shape index (κ1) is 32.1. The first-order valence-corrected chi connectivity index (χ1v) is 13.5. The molecule has 1 heterocycles. The largest absolute Gasteiger partial charge is 0.456 e. The van der Waals surface area contributed by atoms with Crippen LogP contribution in [0.4, 0.5) is 15.0 Å². The van der Waals surface area contributed by atoms with Crippen molar-refractivity contribution in [3.63, 3.8) is 0 Å². The van der Waals surface area contributed by atoms with Gasteiger partial charge in [0.1, 0.15) is 29.5 Å². The molecule has 1 aromatic heterocycles. The van der Waals surface area contributed by atoms with Gasteiger partial charge in [0.05, 0.1) is 11.1 Å². The smallest absolute Gasteiger partial charge is 0.323 e. The van der Waals surface area contributed by atoms with Crippen LogP contribution in [0.15, 0.2) is 30.5 Å². The average Bonchev–Trinajstić information content (AvgIpc) is 3.73. The molecule has 5 N–H and O–H groups in total. The molecule has 13 heteroatoms. The minimum absolute atomic E-state index is 0.0271. The number of aliphatic hydroxyl groups excluding tert-OH is 1. The molecule has 6 atom stereocenters. The number of Topliss-reactive ketones (excluding diaryl/α,β-unsaturated/α-hetero) is 2. The molecule has 3 rings (SSSR count). The lowest BCUT2D eigenvalue weighted by molar-refractivity contribution is -0.165. The topological polar surface area (TPSA) is 194 Å². The van der Waals surface area contributed by atoms with Crippen molar-refractivity contribution in [2.24, 2.45) is 11.7 Å². The number of rotatable bonds is 13. The quantitative estimate of drug-likeness (QED) is 0.155. The van der Waals surface area contributed by atoms with E-state index in [1.807, 2.05) is 13.0 Å². The van der Waals surface area contributed by atoms with Gasteiger partial charge in [-0.05, 0) is 43.5 Å². The zero-order valence-electron chi connectivity index (χ0n) is 23.7. The van der Waals surface area contributed by atoms with E-state index in [0.717, 1.165) is 6.07 Å². The number of ether oxygens (including phenoxy) is 2. The minimum atomic E-state index is -2.20. The summed E-state index contributed by atoms with van der Waals surface area (Å²) >= 11 is 0. The number of urea groups is 1. The van der Waals surface area contributed by atoms with E-state index in [-0.39, 0.29) is 41.5 Å². The van der Waals surface area contributed by atoms with Crippen LogP contribution < -0.4 is 21.1 Å². The van der Waals surface area contributed by atoms with E-state index in [0.29, 0.717) is 12.0 Å². The van der Waals surface area contributed by atoms with Crippen LogP contribution in [-0.2, 0) is 14.3 Å². The third-order valence-electron chi connectivity index (χ3n) is 7.07. The van der Waals surface area contributed by atoms with Gasteiger partial charge in [-0.3, -0.25) is 19.7 Å². The van der Waals surface area contributed by atoms with E-state index >= 15 is 4.39 Å². The van der Waals surface area contributed by atoms with Crippen molar-refractivity contribution in [3.05, 3.63) is 53.0 Å². The number of ketones is 2. The lowest BCUT2D eigenvalue weighted by Gasteiger charge is -2.23. The predicted molar refractivity (Wildman–Crippen MR) is 148 cm³/mol. The molecule has 1 aliphatic carbocycles. The highest BCUT2D eigenvalue weighted by atomic mass is 19.1. The number of esters is 1. The second kappa shape index (κ2) is 14.0. The first-order valence-electron chi connectivity index (χ1n) is 13.5. The number of aromatic nitrogens is 1. The van der Waals surface area contributed by atoms with Gasteiger partial charge in [-0.2, -0.15) is 5.26 Å². The number of amides is 2. The highest BCUT2D eigenvalue weighted by Gasteiger charge is 2.44. The number of carbonyl (C=O) groups excluding carboxylic acids is 4. The Morgan fingerprint density at radius 3 is 2.52 bits per heavy atom. The molecule has 4 unspecified atom stereocenters. The molecular weight excluding hydrogens is 549 g/mol. The van der Waals surface area contributed by atoms with Crippen LogP contribution in [0.1, 0.15) is 74.4 Å². The molecule has 1 fully saturated rings. The highest BCUT2D eigenvalue weighted by molar-refractivity contribution is 5.99. The number of nitrogens with one attached hydrogen (secondary N) is 2. The summed E-state index contributed by atoms with van der Waals surface area (Å²) in [4.78, 5) is 54.3. The molecule has 224 valence electrons. The summed E-state index contributed by atoms with van der Waals surface area (Å²) in [5.74, 6) is -4.05. The number of carbonyl (C=O) groups is 4. The molecule has 0 spiro atoms. The Hall–Kier alpha value is -4.41. The Morgan fingerprint density at radius 1 is 1.21 bits per heavy atom. The van der Waals surface area contributed by atoms with Crippen LogP contribution >= 0.6 is 0 Å². The number of nitriles is 1. The Balaban J connectivity index is 1.77. The predicted octanol–water partition coefficient (Wildman–Crippen LogP) is 2.93. The minimum Gasteiger partial charge on any atom is -0.456 e. The summed E-state index contributed by atoms with van der Waals surface area (Å²) in [5.41, 5.74) is 6.03. The Kier molecular flexibility index (Phi) is 10.7. The molecule has 1 aromatic carbocycles. The summed E-state index contributed by atoms with van der Waals surface area (Å²) in [6, 6.07) is 4.94. The molecule has 1 saturated carbocycles. The highest BCUT2D eigenvalue weighted by Crippen LogP contribution is 2.47. The fourth-order valence-corrected chi connectivity index (χ4v) is 4.15. The molecule has 0 radical (unpaired) electrons. The second-order valence-corrected chi connectivity index (χ2v) is 10.1. The number of halogens is 1. The van der Waals surface area contributed by atoms with E-state index in [1.165, 1.54) is 31.3 Å². The molecule has 2 amide bonds. The van der Waals surface area contributed by atoms with Crippen molar-refractivity contribution >= 4 is 29.4 Å². The summed E-state index contributed by atoms with van der Waals surface area (Å²) < 4.78 is 25.8. The Morgan fingerprint density at radius 2 is 1.93 bits per heavy atom. The van der Waals surface area contributed by atoms with Crippen LogP contribution in [0.5, 0.6) is 5.75 Å². The molecule has 0 bridgehead atoms. The van der Waals surface area contributed by atoms with E-state index in [1.54, 1.807) is 13.8 Å². The van der Waals surface area contributed by atoms with Gasteiger partial charge in [-0.15, -0.1) is 0 Å². The number of hydrogen-bond acceptors (Lipinski definition) is 10. The fourth-order valence-electron chi connectivity index (χ4n) is 4.15. The first-order chi connectivity index (χ1) is 19.9. The normalized spacial score (nSPS) is 18.4. The van der Waals surface area contributed by atoms with Gasteiger partial charge in [0, 0.05) is 30.1 Å². The second-order valence-electron chi connectivity index (χ2n) is 10.1. The standard InChI is InChI=1S/C29H34FN5O7/c1-5-14(3)24(32)27(38)41-15(4)25(37)28(39)42-26-17(21(36)6-2)8-9-19(30)23(26)18-11-20(18)34-29(40)35-22-10-7-16(12-31)13-33-22/h7-10,13-15,18,20,24,28,39H,5-6,11,32H2,1-4H3,(H2,33,34,35,40)/t14-,15?,18?,20?,24-,28?/m0/s1. The number of aliphatic hydroxyl groups is 1. The van der Waals surface area contributed by atoms with Gasteiger partial charge in [-0.25, -0.2) is 14.2 Å². The molecule has 42 heavy (non-hydrogen) atoms. The Bertz CT molecular complexity index is 1380. The third kappa shape index (κ3) is 7.65. The SMILES string of the molecule is CCC(=O)c1ccc(F)c(C2CC2NC(=O)Nc2ccc(C#N)cn2)c1OC(O)C(=O)C(C)OC(=O)[C@@H](N)[C@@H](C)CC. The van der Waals surface area contributed by atoms with Crippen molar-refractivity contribution in [2.75, 3.05) is 5.32 Å². The van der Waals surface area contributed by atoms with Gasteiger partial charge in [0.2, 0.25) is 5.78 Å². The number of anilines is 1. The van der Waals surface area contributed by atoms with Gasteiger partial charge in [-0.1, -0.05) is 27.2 Å². The number of benzene rings is 1.